The fraction of sp³-hybridized carbons (Fsp3) is 0.250. The molecule has 0 aliphatic rings. The van der Waals surface area contributed by atoms with Gasteiger partial charge < -0.3 is 5.32 Å². The summed E-state index contributed by atoms with van der Waals surface area (Å²) in [4.78, 5) is 11.1. The van der Waals surface area contributed by atoms with Gasteiger partial charge in [0.05, 0.1) is 5.54 Å². The Morgan fingerprint density at radius 3 is 2.73 bits per heavy atom. The van der Waals surface area contributed by atoms with Gasteiger partial charge in [0.2, 0.25) is 5.91 Å². The highest BCUT2D eigenvalue weighted by Crippen LogP contribution is 2.24. The highest BCUT2D eigenvalue weighted by Gasteiger charge is 2.23. The van der Waals surface area contributed by atoms with E-state index in [4.69, 9.17) is 0 Å². The summed E-state index contributed by atoms with van der Waals surface area (Å²) in [7, 11) is 0. The lowest BCUT2D eigenvalue weighted by molar-refractivity contribution is -0.120. The van der Waals surface area contributed by atoms with Gasteiger partial charge in [-0.2, -0.15) is 0 Å². The van der Waals surface area contributed by atoms with Crippen LogP contribution in [0, 0.1) is 0 Å². The molecule has 0 fully saturated rings. The van der Waals surface area contributed by atoms with Crippen molar-refractivity contribution in [3.8, 4) is 0 Å². The van der Waals surface area contributed by atoms with Crippen LogP contribution in [0.2, 0.25) is 0 Å². The summed E-state index contributed by atoms with van der Waals surface area (Å²) < 4.78 is 0.985. The Bertz CT molecular complexity index is 389. The van der Waals surface area contributed by atoms with Crippen LogP contribution in [-0.2, 0) is 10.3 Å². The smallest absolute Gasteiger partial charge is 0.217 e. The number of amides is 1. The Labute approximate surface area is 98.5 Å². The molecule has 1 aromatic rings. The van der Waals surface area contributed by atoms with Crippen molar-refractivity contribution in [1.82, 2.24) is 5.32 Å². The zero-order valence-corrected chi connectivity index (χ0v) is 10.5. The van der Waals surface area contributed by atoms with Gasteiger partial charge >= 0.3 is 0 Å². The molecule has 1 unspecified atom stereocenters. The van der Waals surface area contributed by atoms with Crippen molar-refractivity contribution in [2.75, 3.05) is 0 Å². The summed E-state index contributed by atoms with van der Waals surface area (Å²) in [5, 5.41) is 2.87. The van der Waals surface area contributed by atoms with E-state index in [2.05, 4.69) is 27.8 Å². The van der Waals surface area contributed by atoms with Gasteiger partial charge in [-0.3, -0.25) is 4.79 Å². The van der Waals surface area contributed by atoms with Crippen molar-refractivity contribution in [3.63, 3.8) is 0 Å². The van der Waals surface area contributed by atoms with Crippen LogP contribution in [0.5, 0.6) is 0 Å². The zero-order chi connectivity index (χ0) is 11.5. The molecule has 1 N–H and O–H groups in total. The number of hydrogen-bond donors (Lipinski definition) is 1. The van der Waals surface area contributed by atoms with Crippen LogP contribution in [0.3, 0.4) is 0 Å². The molecule has 2 nitrogen and oxygen atoms in total. The number of nitrogens with one attached hydrogen (secondary N) is 1. The first-order valence-electron chi connectivity index (χ1n) is 4.66. The number of carbonyl (C=O) groups excluding carboxylic acids is 1. The van der Waals surface area contributed by atoms with Crippen molar-refractivity contribution in [2.24, 2.45) is 0 Å². The van der Waals surface area contributed by atoms with E-state index in [9.17, 15) is 4.79 Å². The van der Waals surface area contributed by atoms with Crippen molar-refractivity contribution >= 4 is 21.8 Å². The molecule has 0 saturated carbocycles. The van der Waals surface area contributed by atoms with Crippen molar-refractivity contribution in [2.45, 2.75) is 19.4 Å². The third-order valence-corrected chi connectivity index (χ3v) is 2.76. The maximum atomic E-state index is 11.1. The van der Waals surface area contributed by atoms with E-state index in [1.807, 2.05) is 31.2 Å². The molecule has 0 bridgehead atoms. The summed E-state index contributed by atoms with van der Waals surface area (Å²) in [6.07, 6.45) is 1.73. The number of hydrogen-bond acceptors (Lipinski definition) is 1. The zero-order valence-electron chi connectivity index (χ0n) is 8.88. The first-order chi connectivity index (χ1) is 6.98. The van der Waals surface area contributed by atoms with Gasteiger partial charge in [0.1, 0.15) is 0 Å². The Balaban J connectivity index is 3.10. The summed E-state index contributed by atoms with van der Waals surface area (Å²) in [5.74, 6) is -0.0719. The van der Waals surface area contributed by atoms with Crippen LogP contribution in [0.1, 0.15) is 19.4 Å². The van der Waals surface area contributed by atoms with Crippen LogP contribution in [0.25, 0.3) is 0 Å². The van der Waals surface area contributed by atoms with E-state index in [-0.39, 0.29) is 5.91 Å². The topological polar surface area (TPSA) is 29.1 Å². The molecular formula is C12H14BrNO. The largest absolute Gasteiger partial charge is 0.344 e. The molecule has 0 aliphatic heterocycles. The predicted molar refractivity (Wildman–Crippen MR) is 65.5 cm³/mol. The minimum atomic E-state index is -0.518. The Hall–Kier alpha value is -1.09. The molecule has 15 heavy (non-hydrogen) atoms. The summed E-state index contributed by atoms with van der Waals surface area (Å²) in [6, 6.07) is 7.81. The molecule has 1 rings (SSSR count). The monoisotopic (exact) mass is 267 g/mol. The molecule has 0 radical (unpaired) electrons. The van der Waals surface area contributed by atoms with Crippen molar-refractivity contribution < 1.29 is 4.79 Å². The molecule has 0 aliphatic carbocycles. The molecule has 80 valence electrons. The molecule has 0 heterocycles. The van der Waals surface area contributed by atoms with Gasteiger partial charge in [-0.1, -0.05) is 34.1 Å². The minimum Gasteiger partial charge on any atom is -0.344 e. The molecule has 0 saturated heterocycles. The van der Waals surface area contributed by atoms with Crippen LogP contribution in [-0.4, -0.2) is 5.91 Å². The third-order valence-electron chi connectivity index (χ3n) is 2.27. The van der Waals surface area contributed by atoms with Gasteiger partial charge in [-0.15, -0.1) is 6.58 Å². The highest BCUT2D eigenvalue weighted by molar-refractivity contribution is 9.10. The van der Waals surface area contributed by atoms with Crippen molar-refractivity contribution in [3.05, 3.63) is 47.0 Å². The van der Waals surface area contributed by atoms with E-state index >= 15 is 0 Å². The quantitative estimate of drug-likeness (QED) is 0.839. The van der Waals surface area contributed by atoms with Crippen LogP contribution >= 0.6 is 15.9 Å². The number of halogens is 1. The average molecular weight is 268 g/mol. The second-order valence-corrected chi connectivity index (χ2v) is 4.51. The Kier molecular flexibility index (Phi) is 3.69. The molecule has 0 aromatic heterocycles. The molecular weight excluding hydrogens is 254 g/mol. The average Bonchev–Trinajstić information content (AvgIpc) is 2.16. The SMILES string of the molecule is C=CC(C)(NC(C)=O)c1cccc(Br)c1. The molecule has 1 atom stereocenters. The molecule has 0 spiro atoms. The fourth-order valence-corrected chi connectivity index (χ4v) is 1.82. The Morgan fingerprint density at radius 2 is 2.27 bits per heavy atom. The number of carbonyl (C=O) groups is 1. The maximum Gasteiger partial charge on any atom is 0.217 e. The second-order valence-electron chi connectivity index (χ2n) is 3.60. The van der Waals surface area contributed by atoms with Crippen LogP contribution in [0.15, 0.2) is 41.4 Å². The van der Waals surface area contributed by atoms with E-state index in [0.29, 0.717) is 0 Å². The number of benzene rings is 1. The van der Waals surface area contributed by atoms with Crippen LogP contribution in [0.4, 0.5) is 0 Å². The van der Waals surface area contributed by atoms with Gasteiger partial charge in [0.15, 0.2) is 0 Å². The summed E-state index contributed by atoms with van der Waals surface area (Å²) in [6.45, 7) is 7.18. The second kappa shape index (κ2) is 4.62. The lowest BCUT2D eigenvalue weighted by atomic mass is 9.92. The van der Waals surface area contributed by atoms with Crippen LogP contribution < -0.4 is 5.32 Å². The number of rotatable bonds is 3. The lowest BCUT2D eigenvalue weighted by Crippen LogP contribution is -2.40. The van der Waals surface area contributed by atoms with E-state index in [1.54, 1.807) is 6.08 Å². The summed E-state index contributed by atoms with van der Waals surface area (Å²) in [5.41, 5.74) is 0.484. The first-order valence-corrected chi connectivity index (χ1v) is 5.45. The first kappa shape index (κ1) is 12.0. The normalized spacial score (nSPS) is 14.1. The van der Waals surface area contributed by atoms with Gasteiger partial charge in [0.25, 0.3) is 0 Å². The van der Waals surface area contributed by atoms with Crippen molar-refractivity contribution in [1.29, 1.82) is 0 Å². The maximum absolute atomic E-state index is 11.1. The van der Waals surface area contributed by atoms with Gasteiger partial charge in [-0.25, -0.2) is 0 Å². The predicted octanol–water partition coefficient (Wildman–Crippen LogP) is 2.99. The standard InChI is InChI=1S/C12H14BrNO/c1-4-12(3,14-9(2)15)10-6-5-7-11(13)8-10/h4-8H,1H2,2-3H3,(H,14,15). The van der Waals surface area contributed by atoms with E-state index in [1.165, 1.54) is 6.92 Å². The van der Waals surface area contributed by atoms with E-state index < -0.39 is 5.54 Å². The third kappa shape index (κ3) is 2.93. The lowest BCUT2D eigenvalue weighted by Gasteiger charge is -2.27. The fourth-order valence-electron chi connectivity index (χ4n) is 1.42. The van der Waals surface area contributed by atoms with Gasteiger partial charge in [-0.05, 0) is 24.6 Å². The van der Waals surface area contributed by atoms with Gasteiger partial charge in [0, 0.05) is 11.4 Å². The summed E-state index contributed by atoms with van der Waals surface area (Å²) >= 11 is 3.40. The van der Waals surface area contributed by atoms with E-state index in [0.717, 1.165) is 10.0 Å². The molecule has 1 amide bonds. The molecule has 1 aromatic carbocycles. The molecule has 3 heteroatoms. The minimum absolute atomic E-state index is 0.0719. The Morgan fingerprint density at radius 1 is 1.60 bits per heavy atom. The highest BCUT2D eigenvalue weighted by atomic mass is 79.9.